The van der Waals surface area contributed by atoms with E-state index in [1.807, 2.05) is 6.92 Å². The van der Waals surface area contributed by atoms with Crippen molar-refractivity contribution in [3.63, 3.8) is 0 Å². The molecule has 1 N–H and O–H groups in total. The molecule has 1 heterocycles. The third kappa shape index (κ3) is 2.19. The third-order valence-corrected chi connectivity index (χ3v) is 6.74. The quantitative estimate of drug-likeness (QED) is 0.920. The minimum atomic E-state index is -0.680. The number of hydrogen-bond acceptors (Lipinski definition) is 3. The number of para-hydroxylation sites is 1. The second-order valence-corrected chi connectivity index (χ2v) is 7.72. The van der Waals surface area contributed by atoms with Crippen molar-refractivity contribution in [3.8, 4) is 0 Å². The Hall–Kier alpha value is -1.55. The summed E-state index contributed by atoms with van der Waals surface area (Å²) >= 11 is 0. The molecule has 130 valence electrons. The van der Waals surface area contributed by atoms with Crippen molar-refractivity contribution in [1.29, 1.82) is 0 Å². The van der Waals surface area contributed by atoms with Crippen molar-refractivity contribution >= 4 is 11.7 Å². The van der Waals surface area contributed by atoms with Gasteiger partial charge in [-0.3, -0.25) is 4.79 Å². The summed E-state index contributed by atoms with van der Waals surface area (Å²) in [6.45, 7) is 5.75. The second-order valence-electron chi connectivity index (χ2n) is 7.72. The summed E-state index contributed by atoms with van der Waals surface area (Å²) in [7, 11) is 0. The lowest BCUT2D eigenvalue weighted by molar-refractivity contribution is -0.195. The summed E-state index contributed by atoms with van der Waals surface area (Å²) in [5.41, 5.74) is 2.28. The predicted octanol–water partition coefficient (Wildman–Crippen LogP) is 3.34. The van der Waals surface area contributed by atoms with Gasteiger partial charge in [0.15, 0.2) is 0 Å². The Morgan fingerprint density at radius 2 is 2.21 bits per heavy atom. The van der Waals surface area contributed by atoms with Crippen LogP contribution in [0.3, 0.4) is 0 Å². The van der Waals surface area contributed by atoms with E-state index in [1.54, 1.807) is 0 Å². The number of nitrogens with zero attached hydrogens (tertiary/aromatic N) is 1. The fourth-order valence-corrected chi connectivity index (χ4v) is 5.84. The molecule has 0 spiro atoms. The van der Waals surface area contributed by atoms with Crippen LogP contribution in [0.4, 0.5) is 5.69 Å². The molecular formula is C20H27NO3. The Morgan fingerprint density at radius 1 is 1.42 bits per heavy atom. The van der Waals surface area contributed by atoms with Crippen LogP contribution in [0.25, 0.3) is 0 Å². The van der Waals surface area contributed by atoms with Crippen LogP contribution >= 0.6 is 0 Å². The maximum Gasteiger partial charge on any atom is 0.309 e. The average molecular weight is 329 g/mol. The molecule has 3 fully saturated rings. The topological polar surface area (TPSA) is 49.8 Å². The van der Waals surface area contributed by atoms with Crippen LogP contribution in [0.2, 0.25) is 0 Å². The molecule has 1 aliphatic heterocycles. The number of carboxylic acid groups (broad SMARTS) is 1. The second kappa shape index (κ2) is 5.76. The van der Waals surface area contributed by atoms with Gasteiger partial charge in [0.05, 0.1) is 11.5 Å². The molecule has 0 amide bonds. The number of fused-ring (bicyclic) bond motifs is 4. The van der Waals surface area contributed by atoms with Crippen molar-refractivity contribution < 1.29 is 14.6 Å². The molecule has 0 unspecified atom stereocenters. The molecule has 3 saturated carbocycles. The van der Waals surface area contributed by atoms with E-state index in [0.717, 1.165) is 32.2 Å². The van der Waals surface area contributed by atoms with Gasteiger partial charge in [-0.1, -0.05) is 25.1 Å². The van der Waals surface area contributed by atoms with Gasteiger partial charge in [0.1, 0.15) is 0 Å². The number of carbonyl (C=O) groups is 1. The van der Waals surface area contributed by atoms with Crippen LogP contribution in [0.5, 0.6) is 0 Å². The van der Waals surface area contributed by atoms with E-state index < -0.39 is 11.6 Å². The smallest absolute Gasteiger partial charge is 0.309 e. The van der Waals surface area contributed by atoms with Crippen LogP contribution in [0, 0.1) is 17.8 Å². The average Bonchev–Trinajstić information content (AvgIpc) is 2.98. The van der Waals surface area contributed by atoms with E-state index in [9.17, 15) is 9.90 Å². The Kier molecular flexibility index (Phi) is 3.83. The fraction of sp³-hybridized carbons (Fsp3) is 0.650. The lowest BCUT2D eigenvalue weighted by Crippen LogP contribution is -2.65. The summed E-state index contributed by atoms with van der Waals surface area (Å²) < 4.78 is 6.17. The van der Waals surface area contributed by atoms with E-state index in [4.69, 9.17) is 4.74 Å². The molecular weight excluding hydrogens is 302 g/mol. The highest BCUT2D eigenvalue weighted by molar-refractivity contribution is 5.73. The summed E-state index contributed by atoms with van der Waals surface area (Å²) in [6.07, 6.45) is 3.91. The van der Waals surface area contributed by atoms with Gasteiger partial charge in [0, 0.05) is 24.9 Å². The summed E-state index contributed by atoms with van der Waals surface area (Å²) in [6, 6.07) is 9.06. The van der Waals surface area contributed by atoms with Crippen molar-refractivity contribution in [2.75, 3.05) is 18.1 Å². The van der Waals surface area contributed by atoms with Gasteiger partial charge in [-0.15, -0.1) is 0 Å². The first-order chi connectivity index (χ1) is 11.6. The molecule has 1 aromatic carbocycles. The highest BCUT2D eigenvalue weighted by Crippen LogP contribution is 2.55. The lowest BCUT2D eigenvalue weighted by Gasteiger charge is -2.59. The van der Waals surface area contributed by atoms with E-state index in [-0.39, 0.29) is 11.8 Å². The van der Waals surface area contributed by atoms with Crippen LogP contribution < -0.4 is 4.90 Å². The monoisotopic (exact) mass is 329 g/mol. The van der Waals surface area contributed by atoms with E-state index in [2.05, 4.69) is 36.1 Å². The third-order valence-electron chi connectivity index (χ3n) is 6.74. The molecule has 3 aliphatic carbocycles. The van der Waals surface area contributed by atoms with E-state index in [1.165, 1.54) is 11.3 Å². The van der Waals surface area contributed by atoms with Crippen LogP contribution in [-0.4, -0.2) is 35.9 Å². The van der Waals surface area contributed by atoms with Crippen LogP contribution in [-0.2, 0) is 16.0 Å². The first-order valence-electron chi connectivity index (χ1n) is 9.28. The Morgan fingerprint density at radius 3 is 2.96 bits per heavy atom. The zero-order valence-corrected chi connectivity index (χ0v) is 14.6. The molecule has 0 saturated heterocycles. The lowest BCUT2D eigenvalue weighted by atomic mass is 9.54. The van der Waals surface area contributed by atoms with Gasteiger partial charge in [0.25, 0.3) is 0 Å². The molecule has 5 atom stereocenters. The van der Waals surface area contributed by atoms with Gasteiger partial charge in [-0.25, -0.2) is 0 Å². The van der Waals surface area contributed by atoms with E-state index in [0.29, 0.717) is 18.6 Å². The number of carboxylic acids is 1. The first-order valence-corrected chi connectivity index (χ1v) is 9.28. The zero-order chi connectivity index (χ0) is 16.9. The molecule has 4 aliphatic rings. The van der Waals surface area contributed by atoms with Gasteiger partial charge < -0.3 is 14.7 Å². The highest BCUT2D eigenvalue weighted by Gasteiger charge is 2.60. The number of aliphatic carboxylic acids is 1. The fourth-order valence-electron chi connectivity index (χ4n) is 5.84. The van der Waals surface area contributed by atoms with Crippen LogP contribution in [0.1, 0.15) is 38.7 Å². The largest absolute Gasteiger partial charge is 0.481 e. The number of anilines is 1. The van der Waals surface area contributed by atoms with E-state index >= 15 is 0 Å². The molecule has 4 nitrogen and oxygen atoms in total. The van der Waals surface area contributed by atoms with Gasteiger partial charge in [0.2, 0.25) is 0 Å². The molecule has 5 rings (SSSR count). The summed E-state index contributed by atoms with van der Waals surface area (Å²) in [5.74, 6) is -0.444. The van der Waals surface area contributed by atoms with Crippen molar-refractivity contribution in [2.24, 2.45) is 17.8 Å². The standard InChI is InChI=1S/C20H27NO3/c1-3-24-20-10-8-15(13(2)18(20)19(22)23)17(12-20)21-11-9-14-6-4-5-7-16(14)21/h4-7,13,15,17-18H,3,8-12H2,1-2H3,(H,22,23)/t13-,15+,17+,18-,20-/m1/s1. The minimum Gasteiger partial charge on any atom is -0.481 e. The summed E-state index contributed by atoms with van der Waals surface area (Å²) in [4.78, 5) is 14.5. The highest BCUT2D eigenvalue weighted by atomic mass is 16.5. The maximum atomic E-state index is 12.0. The molecule has 0 radical (unpaired) electrons. The van der Waals surface area contributed by atoms with Crippen molar-refractivity contribution in [1.82, 2.24) is 0 Å². The SMILES string of the molecule is CCO[C@@]12CC[C@@H]([C@@H](C)[C@@H]1C(=O)O)[C@@H](N1CCc3ccccc31)C2. The maximum absolute atomic E-state index is 12.0. The van der Waals surface area contributed by atoms with Gasteiger partial charge >= 0.3 is 5.97 Å². The minimum absolute atomic E-state index is 0.161. The molecule has 2 bridgehead atoms. The predicted molar refractivity (Wildman–Crippen MR) is 93.3 cm³/mol. The molecule has 1 aromatic rings. The van der Waals surface area contributed by atoms with Gasteiger partial charge in [-0.05, 0) is 56.1 Å². The number of hydrogen-bond donors (Lipinski definition) is 1. The molecule has 0 aromatic heterocycles. The Bertz CT molecular complexity index is 642. The Balaban J connectivity index is 1.69. The number of rotatable bonds is 4. The van der Waals surface area contributed by atoms with Crippen LogP contribution in [0.15, 0.2) is 24.3 Å². The van der Waals surface area contributed by atoms with Crippen molar-refractivity contribution in [2.45, 2.75) is 51.2 Å². The first kappa shape index (κ1) is 15.9. The summed E-state index contributed by atoms with van der Waals surface area (Å²) in [5, 5.41) is 9.84. The van der Waals surface area contributed by atoms with Gasteiger partial charge in [-0.2, -0.15) is 0 Å². The van der Waals surface area contributed by atoms with Crippen molar-refractivity contribution in [3.05, 3.63) is 29.8 Å². The zero-order valence-electron chi connectivity index (χ0n) is 14.6. The molecule has 24 heavy (non-hydrogen) atoms. The number of benzene rings is 1. The normalized spacial score (nSPS) is 37.5. The number of ether oxygens (including phenoxy) is 1. The Labute approximate surface area is 143 Å². The molecule has 4 heteroatoms.